The second-order valence-electron chi connectivity index (χ2n) is 6.40. The molecule has 24 heavy (non-hydrogen) atoms. The molecular weight excluding hydrogens is 306 g/mol. The van der Waals surface area contributed by atoms with Gasteiger partial charge in [-0.2, -0.15) is 0 Å². The number of likely N-dealkylation sites (tertiary alicyclic amines) is 1. The lowest BCUT2D eigenvalue weighted by atomic mass is 10.1. The summed E-state index contributed by atoms with van der Waals surface area (Å²) in [7, 11) is 1.62. The van der Waals surface area contributed by atoms with Gasteiger partial charge in [-0.05, 0) is 31.9 Å². The van der Waals surface area contributed by atoms with Gasteiger partial charge >= 0.3 is 0 Å². The maximum atomic E-state index is 12.8. The number of furan rings is 1. The van der Waals surface area contributed by atoms with E-state index >= 15 is 0 Å². The molecule has 1 fully saturated rings. The number of amides is 1. The van der Waals surface area contributed by atoms with Crippen molar-refractivity contribution in [2.75, 3.05) is 33.4 Å². The molecule has 130 valence electrons. The van der Waals surface area contributed by atoms with Crippen LogP contribution < -0.4 is 4.74 Å². The van der Waals surface area contributed by atoms with Gasteiger partial charge in [-0.3, -0.25) is 4.79 Å². The van der Waals surface area contributed by atoms with Crippen LogP contribution in [-0.2, 0) is 4.74 Å². The second-order valence-corrected chi connectivity index (χ2v) is 6.40. The largest absolute Gasteiger partial charge is 0.497 e. The zero-order valence-corrected chi connectivity index (χ0v) is 14.6. The number of fused-ring (bicyclic) bond motifs is 1. The van der Waals surface area contributed by atoms with Crippen molar-refractivity contribution in [3.05, 3.63) is 29.5 Å². The monoisotopic (exact) mass is 331 g/mol. The Morgan fingerprint density at radius 1 is 1.42 bits per heavy atom. The number of carbonyl (C=O) groups is 1. The Balaban J connectivity index is 1.73. The van der Waals surface area contributed by atoms with Crippen LogP contribution in [0.25, 0.3) is 11.0 Å². The molecule has 1 saturated heterocycles. The van der Waals surface area contributed by atoms with E-state index in [9.17, 15) is 4.79 Å². The van der Waals surface area contributed by atoms with E-state index in [0.29, 0.717) is 17.3 Å². The molecule has 1 aromatic carbocycles. The Morgan fingerprint density at radius 2 is 2.25 bits per heavy atom. The minimum atomic E-state index is -0.0272. The van der Waals surface area contributed by atoms with Crippen molar-refractivity contribution in [3.8, 4) is 5.75 Å². The van der Waals surface area contributed by atoms with E-state index in [1.165, 1.54) is 0 Å². The molecule has 1 aliphatic heterocycles. The van der Waals surface area contributed by atoms with Crippen LogP contribution in [0.4, 0.5) is 0 Å². The Morgan fingerprint density at radius 3 is 3.00 bits per heavy atom. The number of ether oxygens (including phenoxy) is 2. The summed E-state index contributed by atoms with van der Waals surface area (Å²) in [4.78, 5) is 14.7. The predicted octanol–water partition coefficient (Wildman–Crippen LogP) is 3.64. The molecule has 1 aromatic heterocycles. The average Bonchev–Trinajstić information content (AvgIpc) is 3.19. The molecule has 0 spiro atoms. The van der Waals surface area contributed by atoms with E-state index < -0.39 is 0 Å². The second kappa shape index (κ2) is 7.26. The molecule has 3 rings (SSSR count). The van der Waals surface area contributed by atoms with Gasteiger partial charge in [0.2, 0.25) is 0 Å². The first-order chi connectivity index (χ1) is 11.6. The van der Waals surface area contributed by atoms with Gasteiger partial charge in [0.25, 0.3) is 5.91 Å². The molecule has 2 heterocycles. The SMILES string of the molecule is CCCOC[C@@H]1CCN(C(=O)c2oc3cc(OC)ccc3c2C)C1. The molecule has 5 nitrogen and oxygen atoms in total. The molecule has 0 saturated carbocycles. The average molecular weight is 331 g/mol. The van der Waals surface area contributed by atoms with Gasteiger partial charge in [0.15, 0.2) is 5.76 Å². The zero-order valence-electron chi connectivity index (χ0n) is 14.6. The summed E-state index contributed by atoms with van der Waals surface area (Å²) in [5.41, 5.74) is 1.58. The summed E-state index contributed by atoms with van der Waals surface area (Å²) in [5, 5.41) is 0.959. The van der Waals surface area contributed by atoms with Gasteiger partial charge in [0, 0.05) is 42.6 Å². The predicted molar refractivity (Wildman–Crippen MR) is 92.6 cm³/mol. The fourth-order valence-electron chi connectivity index (χ4n) is 3.23. The van der Waals surface area contributed by atoms with Crippen LogP contribution in [0, 0.1) is 12.8 Å². The van der Waals surface area contributed by atoms with Gasteiger partial charge in [-0.1, -0.05) is 6.92 Å². The number of methoxy groups -OCH3 is 1. The standard InChI is InChI=1S/C19H25NO4/c1-4-9-23-12-14-7-8-20(11-14)19(21)18-13(2)16-6-5-15(22-3)10-17(16)24-18/h5-6,10,14H,4,7-9,11-12H2,1-3H3/t14-/m1/s1. The lowest BCUT2D eigenvalue weighted by Gasteiger charge is -2.15. The molecule has 2 aromatic rings. The smallest absolute Gasteiger partial charge is 0.289 e. The van der Waals surface area contributed by atoms with Crippen LogP contribution >= 0.6 is 0 Å². The van der Waals surface area contributed by atoms with Gasteiger partial charge in [0.1, 0.15) is 11.3 Å². The lowest BCUT2D eigenvalue weighted by Crippen LogP contribution is -2.29. The molecule has 0 bridgehead atoms. The first-order valence-corrected chi connectivity index (χ1v) is 8.58. The molecule has 0 unspecified atom stereocenters. The molecule has 0 aliphatic carbocycles. The Kier molecular flexibility index (Phi) is 5.09. The first kappa shape index (κ1) is 16.8. The number of hydrogen-bond donors (Lipinski definition) is 0. The molecule has 5 heteroatoms. The van der Waals surface area contributed by atoms with Crippen LogP contribution in [0.15, 0.2) is 22.6 Å². The van der Waals surface area contributed by atoms with Gasteiger partial charge in [-0.15, -0.1) is 0 Å². The highest BCUT2D eigenvalue weighted by molar-refractivity contribution is 5.99. The van der Waals surface area contributed by atoms with Crippen molar-refractivity contribution in [2.24, 2.45) is 5.92 Å². The summed E-state index contributed by atoms with van der Waals surface area (Å²) in [5.74, 6) is 1.56. The summed E-state index contributed by atoms with van der Waals surface area (Å²) in [6.45, 7) is 7.05. The van der Waals surface area contributed by atoms with E-state index in [0.717, 1.165) is 55.8 Å². The maximum absolute atomic E-state index is 12.8. The fraction of sp³-hybridized carbons (Fsp3) is 0.526. The minimum Gasteiger partial charge on any atom is -0.497 e. The molecular formula is C19H25NO4. The normalized spacial score (nSPS) is 17.6. The van der Waals surface area contributed by atoms with Gasteiger partial charge in [-0.25, -0.2) is 0 Å². The zero-order chi connectivity index (χ0) is 17.1. The highest BCUT2D eigenvalue weighted by Crippen LogP contribution is 2.30. The van der Waals surface area contributed by atoms with Crippen molar-refractivity contribution in [2.45, 2.75) is 26.7 Å². The number of hydrogen-bond acceptors (Lipinski definition) is 4. The van der Waals surface area contributed by atoms with Crippen LogP contribution in [0.3, 0.4) is 0 Å². The van der Waals surface area contributed by atoms with E-state index in [1.807, 2.05) is 30.0 Å². The third kappa shape index (κ3) is 3.26. The van der Waals surface area contributed by atoms with Crippen LogP contribution in [0.2, 0.25) is 0 Å². The fourth-order valence-corrected chi connectivity index (χ4v) is 3.23. The summed E-state index contributed by atoms with van der Waals surface area (Å²) < 4.78 is 16.7. The number of carbonyl (C=O) groups excluding carboxylic acids is 1. The molecule has 0 N–H and O–H groups in total. The Bertz CT molecular complexity index is 721. The highest BCUT2D eigenvalue weighted by Gasteiger charge is 2.30. The summed E-state index contributed by atoms with van der Waals surface area (Å²) in [6.07, 6.45) is 2.01. The Labute approximate surface area is 142 Å². The van der Waals surface area contributed by atoms with Crippen molar-refractivity contribution < 1.29 is 18.7 Å². The van der Waals surface area contributed by atoms with Crippen LogP contribution in [-0.4, -0.2) is 44.2 Å². The third-order valence-corrected chi connectivity index (χ3v) is 4.61. The maximum Gasteiger partial charge on any atom is 0.289 e. The third-order valence-electron chi connectivity index (χ3n) is 4.61. The quantitative estimate of drug-likeness (QED) is 0.758. The lowest BCUT2D eigenvalue weighted by molar-refractivity contribution is 0.0727. The van der Waals surface area contributed by atoms with Crippen LogP contribution in [0.5, 0.6) is 5.75 Å². The van der Waals surface area contributed by atoms with Crippen LogP contribution in [0.1, 0.15) is 35.9 Å². The summed E-state index contributed by atoms with van der Waals surface area (Å²) >= 11 is 0. The van der Waals surface area contributed by atoms with Crippen molar-refractivity contribution in [1.29, 1.82) is 0 Å². The van der Waals surface area contributed by atoms with Crippen molar-refractivity contribution in [1.82, 2.24) is 4.90 Å². The number of benzene rings is 1. The van der Waals surface area contributed by atoms with E-state index in [-0.39, 0.29) is 5.91 Å². The van der Waals surface area contributed by atoms with E-state index in [4.69, 9.17) is 13.9 Å². The number of rotatable bonds is 6. The van der Waals surface area contributed by atoms with Crippen molar-refractivity contribution in [3.63, 3.8) is 0 Å². The molecule has 0 radical (unpaired) electrons. The van der Waals surface area contributed by atoms with Gasteiger partial charge in [0.05, 0.1) is 13.7 Å². The molecule has 1 aliphatic rings. The Hall–Kier alpha value is -2.01. The number of nitrogens with zero attached hydrogens (tertiary/aromatic N) is 1. The van der Waals surface area contributed by atoms with E-state index in [2.05, 4.69) is 6.92 Å². The van der Waals surface area contributed by atoms with Gasteiger partial charge < -0.3 is 18.8 Å². The molecule has 1 amide bonds. The molecule has 1 atom stereocenters. The first-order valence-electron chi connectivity index (χ1n) is 8.58. The minimum absolute atomic E-state index is 0.0272. The topological polar surface area (TPSA) is 51.9 Å². The highest BCUT2D eigenvalue weighted by atomic mass is 16.5. The van der Waals surface area contributed by atoms with E-state index in [1.54, 1.807) is 7.11 Å². The van der Waals surface area contributed by atoms with Crippen molar-refractivity contribution >= 4 is 16.9 Å². The number of aryl methyl sites for hydroxylation is 1. The summed E-state index contributed by atoms with van der Waals surface area (Å²) in [6, 6.07) is 5.65.